The summed E-state index contributed by atoms with van der Waals surface area (Å²) >= 11 is 1.36. The number of benzene rings is 4. The molecule has 0 amide bonds. The van der Waals surface area contributed by atoms with Crippen molar-refractivity contribution in [1.29, 1.82) is 0 Å². The Bertz CT molecular complexity index is 1680. The van der Waals surface area contributed by atoms with Crippen LogP contribution < -0.4 is 0 Å². The van der Waals surface area contributed by atoms with E-state index in [0.717, 1.165) is 0 Å². The number of fused-ring (bicyclic) bond motifs is 2. The van der Waals surface area contributed by atoms with Gasteiger partial charge in [0.15, 0.2) is 0 Å². The second kappa shape index (κ2) is 16.2. The van der Waals surface area contributed by atoms with Crippen molar-refractivity contribution < 1.29 is 23.3 Å². The fraction of sp³-hybridized carbons (Fsp3) is 0.200. The molecule has 42 heavy (non-hydrogen) atoms. The van der Waals surface area contributed by atoms with Gasteiger partial charge in [-0.05, 0) is 28.5 Å². The third kappa shape index (κ3) is 7.97. The van der Waals surface area contributed by atoms with E-state index in [2.05, 4.69) is 158 Å². The predicted molar refractivity (Wildman–Crippen MR) is 186 cm³/mol. The van der Waals surface area contributed by atoms with Gasteiger partial charge in [0.1, 0.15) is 0 Å². The van der Waals surface area contributed by atoms with Gasteiger partial charge < -0.3 is 14.9 Å². The van der Waals surface area contributed by atoms with Gasteiger partial charge in [-0.15, -0.1) is 68.6 Å². The van der Waals surface area contributed by atoms with Gasteiger partial charge in [-0.2, -0.15) is 12.1 Å². The summed E-state index contributed by atoms with van der Waals surface area (Å²) in [5.41, 5.74) is 10.8. The molecule has 0 aliphatic carbocycles. The summed E-state index contributed by atoms with van der Waals surface area (Å²) in [7, 11) is 0. The maximum atomic E-state index is 3.06. The Morgan fingerprint density at radius 3 is 1.83 bits per heavy atom. The van der Waals surface area contributed by atoms with Crippen LogP contribution in [-0.4, -0.2) is 6.88 Å². The van der Waals surface area contributed by atoms with Crippen molar-refractivity contribution in [3.8, 4) is 22.3 Å². The van der Waals surface area contributed by atoms with Crippen molar-refractivity contribution in [2.45, 2.75) is 53.4 Å². The van der Waals surface area contributed by atoms with Crippen molar-refractivity contribution in [2.75, 3.05) is 0 Å². The average molecular weight is 644 g/mol. The van der Waals surface area contributed by atoms with Gasteiger partial charge >= 0.3 is 30.2 Å². The van der Waals surface area contributed by atoms with Gasteiger partial charge in [0.2, 0.25) is 0 Å². The predicted octanol–water partition coefficient (Wildman–Crippen LogP) is 11.8. The zero-order valence-corrected chi connectivity index (χ0v) is 30.0. The first-order valence-corrected chi connectivity index (χ1v) is 18.3. The molecular weight excluding hydrogens is 600 g/mol. The Balaban J connectivity index is 0.000000270. The normalized spacial score (nSPS) is 10.4. The van der Waals surface area contributed by atoms with Gasteiger partial charge in [-0.3, -0.25) is 0 Å². The molecule has 2 heteroatoms. The molecule has 0 aliphatic heterocycles. The molecule has 0 nitrogen and oxygen atoms in total. The zero-order chi connectivity index (χ0) is 28.8. The van der Waals surface area contributed by atoms with E-state index in [1.807, 2.05) is 0 Å². The van der Waals surface area contributed by atoms with Gasteiger partial charge in [0.25, 0.3) is 0 Å². The summed E-state index contributed by atoms with van der Waals surface area (Å²) in [6, 6.07) is 39.9. The second-order valence-corrected chi connectivity index (χ2v) is 11.2. The van der Waals surface area contributed by atoms with Gasteiger partial charge in [0, 0.05) is 0 Å². The molecule has 0 atom stereocenters. The van der Waals surface area contributed by atoms with Crippen LogP contribution in [0.1, 0.15) is 61.8 Å². The number of rotatable bonds is 4. The molecule has 0 heterocycles. The zero-order valence-electron chi connectivity index (χ0n) is 26.5. The molecule has 0 unspecified atom stereocenters. The summed E-state index contributed by atoms with van der Waals surface area (Å²) in [6.07, 6.45) is 0. The molecule has 0 saturated heterocycles. The first kappa shape index (κ1) is 35.4. The number of aryl methyl sites for hydroxylation is 2. The molecule has 216 valence electrons. The molecule has 0 spiro atoms. The minimum absolute atomic E-state index is 0. The molecule has 6 rings (SSSR count). The van der Waals surface area contributed by atoms with Gasteiger partial charge in [-0.1, -0.05) is 119 Å². The summed E-state index contributed by atoms with van der Waals surface area (Å²) < 4.78 is 0. The molecule has 0 N–H and O–H groups in total. The molecule has 6 aromatic carbocycles. The standard InChI is InChI=1S/C21H23.C17H15.2CH3.Si.Zr/c1-14(2)16-8-10-17(11-9-16)20-7-5-6-18-12-19(15(3)4)13-21(18)20;1-12-10-16-13(2)8-9-15(17(16)11-12)14-6-4-3-5-7-14;;;;/h5-15H,1-4H3;3-11H,1-2H3;2*1H3;;/q4*-1;;. The molecule has 0 aliphatic rings. The molecule has 0 aromatic heterocycles. The molecule has 0 fully saturated rings. The van der Waals surface area contributed by atoms with Crippen LogP contribution in [0.15, 0.2) is 109 Å². The van der Waals surface area contributed by atoms with E-state index in [-0.39, 0.29) is 14.9 Å². The minimum atomic E-state index is 0. The SMILES string of the molecule is CC(C)c1ccc(-c2cccc3[cH-]c(C(C)C)cc23)cc1.Cc1cc2c(-c3ccccc3)ccc(C)c2[cH-]1.[CH3-].[CH3-].[Si]=[Zr]. The van der Waals surface area contributed by atoms with E-state index < -0.39 is 0 Å². The third-order valence-corrected chi connectivity index (χ3v) is 7.66. The van der Waals surface area contributed by atoms with Crippen molar-refractivity contribution in [2.24, 2.45) is 0 Å². The number of hydrogen-bond donors (Lipinski definition) is 0. The van der Waals surface area contributed by atoms with Crippen molar-refractivity contribution in [3.05, 3.63) is 146 Å². The van der Waals surface area contributed by atoms with Crippen LogP contribution in [0.2, 0.25) is 0 Å². The Kier molecular flexibility index (Phi) is 13.6. The van der Waals surface area contributed by atoms with Crippen molar-refractivity contribution in [3.63, 3.8) is 0 Å². The van der Waals surface area contributed by atoms with E-state index in [9.17, 15) is 0 Å². The Morgan fingerprint density at radius 1 is 0.595 bits per heavy atom. The fourth-order valence-electron chi connectivity index (χ4n) is 5.35. The fourth-order valence-corrected chi connectivity index (χ4v) is 5.35. The molecule has 0 saturated carbocycles. The Morgan fingerprint density at radius 2 is 1.21 bits per heavy atom. The van der Waals surface area contributed by atoms with E-state index in [0.29, 0.717) is 11.8 Å². The summed E-state index contributed by atoms with van der Waals surface area (Å²) in [6.45, 7) is 16.4. The molecule has 2 radical (unpaired) electrons. The summed E-state index contributed by atoms with van der Waals surface area (Å²) in [5.74, 6) is 1.16. The van der Waals surface area contributed by atoms with E-state index >= 15 is 0 Å². The second-order valence-electron chi connectivity index (χ2n) is 11.2. The first-order valence-electron chi connectivity index (χ1n) is 14.1. The van der Waals surface area contributed by atoms with E-state index in [1.54, 1.807) is 0 Å². The summed E-state index contributed by atoms with van der Waals surface area (Å²) in [4.78, 5) is 0. The van der Waals surface area contributed by atoms with Crippen LogP contribution in [-0.2, 0) is 23.3 Å². The van der Waals surface area contributed by atoms with Crippen LogP contribution in [0.3, 0.4) is 0 Å². The molecular formula is C40H44SiZr-4. The van der Waals surface area contributed by atoms with Crippen molar-refractivity contribution >= 4 is 28.4 Å². The van der Waals surface area contributed by atoms with Crippen LogP contribution in [0.5, 0.6) is 0 Å². The average Bonchev–Trinajstić information content (AvgIpc) is 3.60. The van der Waals surface area contributed by atoms with E-state index in [1.165, 1.54) is 89.4 Å². The molecule has 6 aromatic rings. The van der Waals surface area contributed by atoms with Crippen LogP contribution in [0.4, 0.5) is 0 Å². The van der Waals surface area contributed by atoms with Gasteiger partial charge in [0.05, 0.1) is 0 Å². The quantitative estimate of drug-likeness (QED) is 0.132. The van der Waals surface area contributed by atoms with Crippen LogP contribution >= 0.6 is 0 Å². The summed E-state index contributed by atoms with van der Waals surface area (Å²) in [5, 5.41) is 5.47. The molecule has 0 bridgehead atoms. The van der Waals surface area contributed by atoms with Crippen LogP contribution in [0.25, 0.3) is 43.8 Å². The number of hydrogen-bond acceptors (Lipinski definition) is 0. The van der Waals surface area contributed by atoms with Crippen LogP contribution in [0, 0.1) is 28.7 Å². The monoisotopic (exact) mass is 642 g/mol. The van der Waals surface area contributed by atoms with E-state index in [4.69, 9.17) is 0 Å². The third-order valence-electron chi connectivity index (χ3n) is 7.66. The first-order chi connectivity index (χ1) is 19.3. The van der Waals surface area contributed by atoms with Crippen molar-refractivity contribution in [1.82, 2.24) is 0 Å². The topological polar surface area (TPSA) is 0 Å². The van der Waals surface area contributed by atoms with Gasteiger partial charge in [-0.25, -0.2) is 0 Å². The Labute approximate surface area is 272 Å². The maximum absolute atomic E-state index is 3.06. The Hall–Kier alpha value is -2.80.